The van der Waals surface area contributed by atoms with Gasteiger partial charge in [-0.3, -0.25) is 0 Å². The molecule has 0 saturated heterocycles. The Kier molecular flexibility index (Phi) is 7.47. The molecular formula is C27H26F3N3O3. The molecular weight excluding hydrogens is 471 g/mol. The molecule has 1 heterocycles. The number of methoxy groups -OCH3 is 1. The van der Waals surface area contributed by atoms with Crippen LogP contribution in [0, 0.1) is 6.92 Å². The smallest absolute Gasteiger partial charge is 0.416 e. The highest BCUT2D eigenvalue weighted by Crippen LogP contribution is 2.30. The minimum atomic E-state index is -4.43. The lowest BCUT2D eigenvalue weighted by Crippen LogP contribution is -2.40. The number of oxime groups is 1. The van der Waals surface area contributed by atoms with Gasteiger partial charge in [0.1, 0.15) is 5.75 Å². The summed E-state index contributed by atoms with van der Waals surface area (Å²) in [7, 11) is 1.50. The van der Waals surface area contributed by atoms with Gasteiger partial charge in [0.25, 0.3) is 0 Å². The van der Waals surface area contributed by atoms with Gasteiger partial charge in [0.2, 0.25) is 0 Å². The van der Waals surface area contributed by atoms with E-state index in [9.17, 15) is 18.0 Å². The number of carbonyl (C=O) groups excluding carboxylic acids is 1. The summed E-state index contributed by atoms with van der Waals surface area (Å²) >= 11 is 0. The van der Waals surface area contributed by atoms with Crippen LogP contribution in [-0.4, -0.2) is 36.4 Å². The number of aryl methyl sites for hydroxylation is 1. The number of hydrogen-bond acceptors (Lipinski definition) is 4. The average molecular weight is 498 g/mol. The van der Waals surface area contributed by atoms with Crippen LogP contribution in [0.2, 0.25) is 0 Å². The quantitative estimate of drug-likeness (QED) is 0.420. The molecule has 0 radical (unpaired) electrons. The summed E-state index contributed by atoms with van der Waals surface area (Å²) in [5.74, 6) is 0.489. The van der Waals surface area contributed by atoms with E-state index in [1.807, 2.05) is 31.2 Å². The number of hydrogen-bond donors (Lipinski definition) is 1. The molecule has 0 unspecified atom stereocenters. The molecule has 0 bridgehead atoms. The second kappa shape index (κ2) is 10.7. The van der Waals surface area contributed by atoms with Crippen LogP contribution in [0.25, 0.3) is 0 Å². The number of amides is 2. The molecule has 0 aliphatic carbocycles. The number of nitrogens with one attached hydrogen (secondary N) is 1. The molecule has 2 amide bonds. The van der Waals surface area contributed by atoms with Gasteiger partial charge in [-0.1, -0.05) is 53.7 Å². The maximum atomic E-state index is 13.3. The van der Waals surface area contributed by atoms with E-state index in [4.69, 9.17) is 9.57 Å². The van der Waals surface area contributed by atoms with Gasteiger partial charge in [-0.25, -0.2) is 4.79 Å². The second-order valence-electron chi connectivity index (χ2n) is 8.49. The number of carbonyl (C=O) groups is 1. The number of ether oxygens (including phenoxy) is 1. The number of urea groups is 1. The van der Waals surface area contributed by atoms with Crippen LogP contribution in [0.4, 0.5) is 23.7 Å². The summed E-state index contributed by atoms with van der Waals surface area (Å²) < 4.78 is 44.3. The largest absolute Gasteiger partial charge is 0.495 e. The zero-order chi connectivity index (χ0) is 25.7. The molecule has 1 atom stereocenters. The second-order valence-corrected chi connectivity index (χ2v) is 8.49. The highest BCUT2D eigenvalue weighted by Gasteiger charge is 2.31. The van der Waals surface area contributed by atoms with E-state index in [1.165, 1.54) is 24.1 Å². The summed E-state index contributed by atoms with van der Waals surface area (Å²) in [6, 6.07) is 19.1. The Labute approximate surface area is 207 Å². The summed E-state index contributed by atoms with van der Waals surface area (Å²) in [5, 5.41) is 7.06. The minimum absolute atomic E-state index is 0.0820. The zero-order valence-corrected chi connectivity index (χ0v) is 19.9. The van der Waals surface area contributed by atoms with Gasteiger partial charge < -0.3 is 19.8 Å². The van der Waals surface area contributed by atoms with Gasteiger partial charge in [0.15, 0.2) is 6.10 Å². The van der Waals surface area contributed by atoms with Crippen molar-refractivity contribution in [2.45, 2.75) is 32.2 Å². The monoisotopic (exact) mass is 497 g/mol. The summed E-state index contributed by atoms with van der Waals surface area (Å²) in [5.41, 5.74) is 3.12. The normalized spacial score (nSPS) is 15.1. The lowest BCUT2D eigenvalue weighted by Gasteiger charge is -2.26. The van der Waals surface area contributed by atoms with E-state index in [0.29, 0.717) is 23.4 Å². The zero-order valence-electron chi connectivity index (χ0n) is 19.9. The van der Waals surface area contributed by atoms with Crippen molar-refractivity contribution in [3.63, 3.8) is 0 Å². The van der Waals surface area contributed by atoms with Crippen molar-refractivity contribution in [1.29, 1.82) is 0 Å². The Hall–Kier alpha value is -4.01. The maximum absolute atomic E-state index is 13.3. The van der Waals surface area contributed by atoms with E-state index < -0.39 is 23.9 Å². The van der Waals surface area contributed by atoms with Crippen molar-refractivity contribution >= 4 is 17.4 Å². The standard InChI is InChI=1S/C27H26F3N3O3/c1-18-7-3-4-8-22(18)24-15-21(36-32-24)17-33(16-19-11-13-20(14-12-19)27(28,29)30)26(34)31-23-9-5-6-10-25(23)35-2/h3-14,21H,15-17H2,1-2H3,(H,31,34)/t21-/m1/s1. The predicted octanol–water partition coefficient (Wildman–Crippen LogP) is 6.25. The summed E-state index contributed by atoms with van der Waals surface area (Å²) in [4.78, 5) is 20.4. The highest BCUT2D eigenvalue weighted by molar-refractivity contribution is 6.02. The Bertz CT molecular complexity index is 1240. The fourth-order valence-corrected chi connectivity index (χ4v) is 4.01. The first-order chi connectivity index (χ1) is 17.2. The first kappa shape index (κ1) is 25.1. The molecule has 6 nitrogen and oxygen atoms in total. The number of alkyl halides is 3. The lowest BCUT2D eigenvalue weighted by atomic mass is 10.0. The van der Waals surface area contributed by atoms with E-state index in [-0.39, 0.29) is 13.1 Å². The van der Waals surface area contributed by atoms with Gasteiger partial charge in [0, 0.05) is 18.5 Å². The summed E-state index contributed by atoms with van der Waals surface area (Å²) in [6.07, 6.45) is -4.34. The van der Waals surface area contributed by atoms with Crippen molar-refractivity contribution in [1.82, 2.24) is 4.90 Å². The fraction of sp³-hybridized carbons (Fsp3) is 0.259. The number of rotatable bonds is 7. The molecule has 188 valence electrons. The molecule has 1 aliphatic heterocycles. The molecule has 36 heavy (non-hydrogen) atoms. The minimum Gasteiger partial charge on any atom is -0.495 e. The molecule has 1 aliphatic rings. The van der Waals surface area contributed by atoms with Gasteiger partial charge in [-0.2, -0.15) is 13.2 Å². The number of halogens is 3. The van der Waals surface area contributed by atoms with Crippen molar-refractivity contribution in [3.8, 4) is 5.75 Å². The number of nitrogens with zero attached hydrogens (tertiary/aromatic N) is 2. The topological polar surface area (TPSA) is 63.2 Å². The number of anilines is 1. The third-order valence-corrected chi connectivity index (χ3v) is 5.90. The number of para-hydroxylation sites is 2. The fourth-order valence-electron chi connectivity index (χ4n) is 4.01. The molecule has 3 aromatic carbocycles. The summed E-state index contributed by atoms with van der Waals surface area (Å²) in [6.45, 7) is 2.25. The molecule has 1 N–H and O–H groups in total. The van der Waals surface area contributed by atoms with Crippen LogP contribution >= 0.6 is 0 Å². The van der Waals surface area contributed by atoms with Crippen LogP contribution in [0.5, 0.6) is 5.75 Å². The Morgan fingerprint density at radius 3 is 2.47 bits per heavy atom. The first-order valence-corrected chi connectivity index (χ1v) is 11.4. The molecule has 9 heteroatoms. The first-order valence-electron chi connectivity index (χ1n) is 11.4. The van der Waals surface area contributed by atoms with Crippen LogP contribution in [0.3, 0.4) is 0 Å². The van der Waals surface area contributed by atoms with Crippen LogP contribution in [-0.2, 0) is 17.6 Å². The molecule has 0 fully saturated rings. The van der Waals surface area contributed by atoms with E-state index >= 15 is 0 Å². The third kappa shape index (κ3) is 5.97. The van der Waals surface area contributed by atoms with E-state index in [1.54, 1.807) is 24.3 Å². The van der Waals surface area contributed by atoms with Crippen molar-refractivity contribution < 1.29 is 27.5 Å². The van der Waals surface area contributed by atoms with Gasteiger partial charge in [-0.05, 0) is 42.3 Å². The van der Waals surface area contributed by atoms with Crippen LogP contribution in [0.15, 0.2) is 78.0 Å². The Morgan fingerprint density at radius 1 is 1.08 bits per heavy atom. The van der Waals surface area contributed by atoms with Crippen LogP contribution in [0.1, 0.15) is 28.7 Å². The molecule has 0 spiro atoms. The van der Waals surface area contributed by atoms with E-state index in [2.05, 4.69) is 10.5 Å². The van der Waals surface area contributed by atoms with Gasteiger partial charge in [-0.15, -0.1) is 0 Å². The molecule has 4 rings (SSSR count). The lowest BCUT2D eigenvalue weighted by molar-refractivity contribution is -0.137. The third-order valence-electron chi connectivity index (χ3n) is 5.90. The van der Waals surface area contributed by atoms with Crippen molar-refractivity contribution in [3.05, 3.63) is 95.1 Å². The SMILES string of the molecule is COc1ccccc1NC(=O)N(Cc1ccc(C(F)(F)F)cc1)C[C@H]1CC(c2ccccc2C)=NO1. The predicted molar refractivity (Wildman–Crippen MR) is 131 cm³/mol. The molecule has 3 aromatic rings. The van der Waals surface area contributed by atoms with Crippen LogP contribution < -0.4 is 10.1 Å². The molecule has 0 aromatic heterocycles. The maximum Gasteiger partial charge on any atom is 0.416 e. The van der Waals surface area contributed by atoms with Gasteiger partial charge in [0.05, 0.1) is 30.6 Å². The average Bonchev–Trinajstić information content (AvgIpc) is 3.32. The van der Waals surface area contributed by atoms with E-state index in [0.717, 1.165) is 29.0 Å². The number of benzene rings is 3. The van der Waals surface area contributed by atoms with Crippen molar-refractivity contribution in [2.24, 2.45) is 5.16 Å². The van der Waals surface area contributed by atoms with Gasteiger partial charge >= 0.3 is 12.2 Å². The Balaban J connectivity index is 1.51. The van der Waals surface area contributed by atoms with Crippen molar-refractivity contribution in [2.75, 3.05) is 19.0 Å². The Morgan fingerprint density at radius 2 is 1.78 bits per heavy atom. The highest BCUT2D eigenvalue weighted by atomic mass is 19.4. The molecule has 0 saturated carbocycles.